The van der Waals surface area contributed by atoms with Crippen LogP contribution >= 0.6 is 0 Å². The van der Waals surface area contributed by atoms with E-state index in [1.165, 1.54) is 0 Å². The minimum absolute atomic E-state index is 0.0607. The Labute approximate surface area is 171 Å². The molecule has 5 heteroatoms. The van der Waals surface area contributed by atoms with Gasteiger partial charge in [0.05, 0.1) is 13.2 Å². The van der Waals surface area contributed by atoms with Crippen LogP contribution in [0.2, 0.25) is 0 Å². The van der Waals surface area contributed by atoms with Crippen molar-refractivity contribution in [1.82, 2.24) is 10.2 Å². The highest BCUT2D eigenvalue weighted by molar-refractivity contribution is 5.94. The first-order valence-corrected chi connectivity index (χ1v) is 9.48. The van der Waals surface area contributed by atoms with Crippen LogP contribution in [0.5, 0.6) is 17.2 Å². The van der Waals surface area contributed by atoms with Gasteiger partial charge in [-0.15, -0.1) is 0 Å². The van der Waals surface area contributed by atoms with E-state index in [1.807, 2.05) is 68.7 Å². The standard InChI is InChI=1S/C24H26N2O3/c1-26(2)23(18-9-13-20(28-3)14-10-18)17-25-24(27)19-11-15-22(16-12-19)29-21-7-5-4-6-8-21/h4-16,23H,17H2,1-3H3,(H,25,27). The van der Waals surface area contributed by atoms with E-state index in [2.05, 4.69) is 10.2 Å². The fourth-order valence-electron chi connectivity index (χ4n) is 3.02. The van der Waals surface area contributed by atoms with Gasteiger partial charge < -0.3 is 19.7 Å². The van der Waals surface area contributed by atoms with E-state index in [1.54, 1.807) is 31.4 Å². The van der Waals surface area contributed by atoms with Crippen LogP contribution in [0.1, 0.15) is 22.0 Å². The fourth-order valence-corrected chi connectivity index (χ4v) is 3.02. The van der Waals surface area contributed by atoms with E-state index in [0.717, 1.165) is 17.1 Å². The summed E-state index contributed by atoms with van der Waals surface area (Å²) in [7, 11) is 5.64. The predicted molar refractivity (Wildman–Crippen MR) is 115 cm³/mol. The Morgan fingerprint density at radius 2 is 1.45 bits per heavy atom. The van der Waals surface area contributed by atoms with Crippen molar-refractivity contribution in [3.8, 4) is 17.2 Å². The summed E-state index contributed by atoms with van der Waals surface area (Å²) >= 11 is 0. The van der Waals surface area contributed by atoms with Gasteiger partial charge in [0, 0.05) is 12.1 Å². The molecule has 3 aromatic rings. The lowest BCUT2D eigenvalue weighted by Crippen LogP contribution is -2.34. The van der Waals surface area contributed by atoms with Crippen molar-refractivity contribution in [2.24, 2.45) is 0 Å². The molecule has 0 heterocycles. The van der Waals surface area contributed by atoms with Crippen LogP contribution in [0.4, 0.5) is 0 Å². The Hall–Kier alpha value is -3.31. The number of rotatable bonds is 8. The Balaban J connectivity index is 1.60. The molecule has 0 aliphatic heterocycles. The van der Waals surface area contributed by atoms with Gasteiger partial charge in [0.2, 0.25) is 0 Å². The molecular formula is C24H26N2O3. The molecular weight excluding hydrogens is 364 g/mol. The van der Waals surface area contributed by atoms with Crippen molar-refractivity contribution in [3.05, 3.63) is 90.0 Å². The second kappa shape index (κ2) is 9.75. The number of hydrogen-bond donors (Lipinski definition) is 1. The SMILES string of the molecule is COc1ccc(C(CNC(=O)c2ccc(Oc3ccccc3)cc2)N(C)C)cc1. The Morgan fingerprint density at radius 1 is 0.862 bits per heavy atom. The molecule has 150 valence electrons. The summed E-state index contributed by atoms with van der Waals surface area (Å²) < 4.78 is 11.0. The number of methoxy groups -OCH3 is 1. The largest absolute Gasteiger partial charge is 0.497 e. The smallest absolute Gasteiger partial charge is 0.251 e. The summed E-state index contributed by atoms with van der Waals surface area (Å²) in [5.41, 5.74) is 1.71. The fraction of sp³-hybridized carbons (Fsp3) is 0.208. The van der Waals surface area contributed by atoms with E-state index in [9.17, 15) is 4.79 Å². The average molecular weight is 390 g/mol. The van der Waals surface area contributed by atoms with Crippen molar-refractivity contribution in [2.75, 3.05) is 27.7 Å². The molecule has 0 saturated carbocycles. The maximum absolute atomic E-state index is 12.6. The summed E-state index contributed by atoms with van der Waals surface area (Å²) in [4.78, 5) is 14.7. The van der Waals surface area contributed by atoms with Crippen LogP contribution in [-0.2, 0) is 0 Å². The summed E-state index contributed by atoms with van der Waals surface area (Å²) in [6.07, 6.45) is 0. The summed E-state index contributed by atoms with van der Waals surface area (Å²) in [5.74, 6) is 2.15. The number of ether oxygens (including phenoxy) is 2. The highest BCUT2D eigenvalue weighted by Crippen LogP contribution is 2.22. The van der Waals surface area contributed by atoms with Gasteiger partial charge in [0.1, 0.15) is 17.2 Å². The van der Waals surface area contributed by atoms with Crippen LogP contribution in [-0.4, -0.2) is 38.6 Å². The zero-order chi connectivity index (χ0) is 20.6. The molecule has 0 bridgehead atoms. The number of nitrogens with zero attached hydrogens (tertiary/aromatic N) is 1. The molecule has 1 unspecified atom stereocenters. The molecule has 0 fully saturated rings. The normalized spacial score (nSPS) is 11.7. The molecule has 1 atom stereocenters. The maximum atomic E-state index is 12.6. The molecule has 29 heavy (non-hydrogen) atoms. The van der Waals surface area contributed by atoms with Crippen LogP contribution in [0.3, 0.4) is 0 Å². The minimum atomic E-state index is -0.114. The van der Waals surface area contributed by atoms with Crippen molar-refractivity contribution in [1.29, 1.82) is 0 Å². The number of amides is 1. The van der Waals surface area contributed by atoms with Crippen molar-refractivity contribution in [3.63, 3.8) is 0 Å². The zero-order valence-electron chi connectivity index (χ0n) is 17.0. The highest BCUT2D eigenvalue weighted by atomic mass is 16.5. The first-order chi connectivity index (χ1) is 14.1. The maximum Gasteiger partial charge on any atom is 0.251 e. The summed E-state index contributed by atoms with van der Waals surface area (Å²) in [6.45, 7) is 0.500. The first kappa shape index (κ1) is 20.4. The molecule has 1 N–H and O–H groups in total. The lowest BCUT2D eigenvalue weighted by Gasteiger charge is -2.25. The van der Waals surface area contributed by atoms with E-state index in [4.69, 9.17) is 9.47 Å². The number of likely N-dealkylation sites (N-methyl/N-ethyl adjacent to an activating group) is 1. The van der Waals surface area contributed by atoms with Crippen LogP contribution < -0.4 is 14.8 Å². The first-order valence-electron chi connectivity index (χ1n) is 9.48. The number of carbonyl (C=O) groups is 1. The minimum Gasteiger partial charge on any atom is -0.497 e. The number of hydrogen-bond acceptors (Lipinski definition) is 4. The Kier molecular flexibility index (Phi) is 6.87. The second-order valence-corrected chi connectivity index (χ2v) is 6.90. The van der Waals surface area contributed by atoms with Crippen LogP contribution in [0.15, 0.2) is 78.9 Å². The third-order valence-electron chi connectivity index (χ3n) is 4.68. The van der Waals surface area contributed by atoms with Crippen LogP contribution in [0, 0.1) is 0 Å². The number of para-hydroxylation sites is 1. The molecule has 3 aromatic carbocycles. The molecule has 0 saturated heterocycles. The molecule has 0 aromatic heterocycles. The van der Waals surface area contributed by atoms with E-state index >= 15 is 0 Å². The van der Waals surface area contributed by atoms with E-state index < -0.39 is 0 Å². The number of nitrogens with one attached hydrogen (secondary N) is 1. The quantitative estimate of drug-likeness (QED) is 0.614. The summed E-state index contributed by atoms with van der Waals surface area (Å²) in [6, 6.07) is 24.7. The highest BCUT2D eigenvalue weighted by Gasteiger charge is 2.16. The van der Waals surface area contributed by atoms with Gasteiger partial charge in [-0.2, -0.15) is 0 Å². The summed E-state index contributed by atoms with van der Waals surface area (Å²) in [5, 5.41) is 3.02. The molecule has 0 aliphatic rings. The van der Waals surface area contributed by atoms with Gasteiger partial charge in [-0.3, -0.25) is 4.79 Å². The van der Waals surface area contributed by atoms with E-state index in [0.29, 0.717) is 17.9 Å². The van der Waals surface area contributed by atoms with Gasteiger partial charge in [-0.05, 0) is 68.2 Å². The van der Waals surface area contributed by atoms with Crippen molar-refractivity contribution < 1.29 is 14.3 Å². The Bertz CT molecular complexity index is 907. The Morgan fingerprint density at radius 3 is 2.03 bits per heavy atom. The molecule has 5 nitrogen and oxygen atoms in total. The lowest BCUT2D eigenvalue weighted by molar-refractivity contribution is 0.0942. The van der Waals surface area contributed by atoms with Gasteiger partial charge in [-0.25, -0.2) is 0 Å². The average Bonchev–Trinajstić information content (AvgIpc) is 2.75. The third-order valence-corrected chi connectivity index (χ3v) is 4.68. The van der Waals surface area contributed by atoms with Crippen molar-refractivity contribution in [2.45, 2.75) is 6.04 Å². The molecule has 1 amide bonds. The molecule has 3 rings (SSSR count). The number of carbonyl (C=O) groups excluding carboxylic acids is 1. The van der Waals surface area contributed by atoms with Gasteiger partial charge in [0.25, 0.3) is 5.91 Å². The van der Waals surface area contributed by atoms with Crippen molar-refractivity contribution >= 4 is 5.91 Å². The van der Waals surface area contributed by atoms with E-state index in [-0.39, 0.29) is 11.9 Å². The number of benzene rings is 3. The van der Waals surface area contributed by atoms with Gasteiger partial charge in [0.15, 0.2) is 0 Å². The molecule has 0 radical (unpaired) electrons. The molecule has 0 spiro atoms. The van der Waals surface area contributed by atoms with Crippen LogP contribution in [0.25, 0.3) is 0 Å². The predicted octanol–water partition coefficient (Wildman–Crippen LogP) is 4.52. The third kappa shape index (κ3) is 5.59. The topological polar surface area (TPSA) is 50.8 Å². The lowest BCUT2D eigenvalue weighted by atomic mass is 10.1. The van der Waals surface area contributed by atoms with Gasteiger partial charge in [-0.1, -0.05) is 30.3 Å². The molecule has 0 aliphatic carbocycles. The second-order valence-electron chi connectivity index (χ2n) is 6.90. The zero-order valence-corrected chi connectivity index (χ0v) is 17.0. The van der Waals surface area contributed by atoms with Gasteiger partial charge >= 0.3 is 0 Å². The monoisotopic (exact) mass is 390 g/mol.